The molecular weight excluding hydrogens is 623 g/mol. The molecule has 0 atom stereocenters. The zero-order valence-electron chi connectivity index (χ0n) is 26.5. The van der Waals surface area contributed by atoms with Crippen molar-refractivity contribution in [1.29, 1.82) is 0 Å². The van der Waals surface area contributed by atoms with Gasteiger partial charge in [0.15, 0.2) is 34.7 Å². The summed E-state index contributed by atoms with van der Waals surface area (Å²) in [5.41, 5.74) is -0.767. The van der Waals surface area contributed by atoms with Gasteiger partial charge in [0.05, 0.1) is 0 Å². The van der Waals surface area contributed by atoms with E-state index in [9.17, 15) is 33.3 Å². The highest BCUT2D eigenvalue weighted by Crippen LogP contribution is 2.50. The molecule has 0 aliphatic heterocycles. The van der Waals surface area contributed by atoms with Crippen molar-refractivity contribution in [1.82, 2.24) is 0 Å². The summed E-state index contributed by atoms with van der Waals surface area (Å²) in [6, 6.07) is 19.0. The molecule has 0 aromatic heterocycles. The summed E-state index contributed by atoms with van der Waals surface area (Å²) in [4.78, 5) is 76.8. The molecule has 0 amide bonds. The molecule has 11 heteroatoms. The number of hydrogen-bond acceptors (Lipinski definition) is 10. The minimum Gasteiger partial charge on any atom is -0.386 e. The zero-order valence-corrected chi connectivity index (χ0v) is 27.4. The topological polar surface area (TPSA) is 147 Å². The average molecular weight is 659 g/mol. The van der Waals surface area contributed by atoms with Gasteiger partial charge in [-0.05, 0) is 71.5 Å². The molecule has 244 valence electrons. The third-order valence-corrected chi connectivity index (χ3v) is 9.40. The van der Waals surface area contributed by atoms with Crippen LogP contribution in [0, 0.1) is 22.7 Å². The van der Waals surface area contributed by atoms with E-state index in [0.717, 1.165) is 0 Å². The van der Waals surface area contributed by atoms with E-state index < -0.39 is 65.2 Å². The van der Waals surface area contributed by atoms with E-state index >= 15 is 0 Å². The number of benzene rings is 3. The fourth-order valence-electron chi connectivity index (χ4n) is 5.98. The molecule has 0 radical (unpaired) electrons. The van der Waals surface area contributed by atoms with E-state index in [1.165, 1.54) is 48.5 Å². The van der Waals surface area contributed by atoms with Crippen LogP contribution in [0.4, 0.5) is 0 Å². The quantitative estimate of drug-likeness (QED) is 0.129. The maximum Gasteiger partial charge on any atom is 0.647 e. The monoisotopic (exact) mass is 658 g/mol. The number of para-hydroxylation sites is 1. The van der Waals surface area contributed by atoms with Gasteiger partial charge in [-0.1, -0.05) is 45.9 Å². The van der Waals surface area contributed by atoms with Gasteiger partial charge < -0.3 is 13.6 Å². The standard InChI is InChI=1S/C36H35O10P/c1-35(2)18-27(37)31(28(38)19-35)33(41)22-10-14-25(15-11-22)45-47(43,44-24-8-6-5-7-9-24)46-26-16-12-23(13-17-26)34(42)32-29(39)20-36(3,4)21-30(32)40/h5-17,31-32H,18-21H2,1-4H3. The molecule has 10 nitrogen and oxygen atoms in total. The number of carbonyl (C=O) groups is 6. The van der Waals surface area contributed by atoms with Crippen LogP contribution in [-0.4, -0.2) is 34.7 Å². The Bertz CT molecular complexity index is 1640. The number of phosphoric acid groups is 1. The highest BCUT2D eigenvalue weighted by molar-refractivity contribution is 7.49. The summed E-state index contributed by atoms with van der Waals surface area (Å²) < 4.78 is 31.0. The van der Waals surface area contributed by atoms with Crippen molar-refractivity contribution in [3.05, 3.63) is 90.0 Å². The van der Waals surface area contributed by atoms with Crippen molar-refractivity contribution in [2.45, 2.75) is 53.4 Å². The third kappa shape index (κ3) is 7.83. The van der Waals surface area contributed by atoms with Crippen molar-refractivity contribution in [2.75, 3.05) is 0 Å². The summed E-state index contributed by atoms with van der Waals surface area (Å²) in [5, 5.41) is 0. The summed E-state index contributed by atoms with van der Waals surface area (Å²) in [5.74, 6) is -5.43. The van der Waals surface area contributed by atoms with Gasteiger partial charge in [-0.3, -0.25) is 28.8 Å². The normalized spacial score (nSPS) is 18.5. The fraction of sp³-hybridized carbons (Fsp3) is 0.333. The lowest BCUT2D eigenvalue weighted by atomic mass is 9.70. The first-order valence-corrected chi connectivity index (χ1v) is 16.6. The van der Waals surface area contributed by atoms with Crippen LogP contribution >= 0.6 is 7.82 Å². The summed E-state index contributed by atoms with van der Waals surface area (Å²) >= 11 is 0. The first-order chi connectivity index (χ1) is 22.0. The van der Waals surface area contributed by atoms with Crippen molar-refractivity contribution in [3.8, 4) is 17.2 Å². The number of hydrogen-bond donors (Lipinski definition) is 0. The summed E-state index contributed by atoms with van der Waals surface area (Å²) in [7, 11) is -4.47. The maximum atomic E-state index is 14.0. The Hall–Kier alpha value is -4.69. The van der Waals surface area contributed by atoms with Crippen LogP contribution < -0.4 is 13.6 Å². The van der Waals surface area contributed by atoms with Crippen LogP contribution in [0.5, 0.6) is 17.2 Å². The van der Waals surface area contributed by atoms with Gasteiger partial charge in [-0.2, -0.15) is 4.57 Å². The van der Waals surface area contributed by atoms with E-state index in [4.69, 9.17) is 13.6 Å². The molecule has 2 aliphatic carbocycles. The highest BCUT2D eigenvalue weighted by atomic mass is 31.2. The van der Waals surface area contributed by atoms with E-state index in [0.29, 0.717) is 0 Å². The average Bonchev–Trinajstić information content (AvgIpc) is 2.96. The molecule has 3 aromatic rings. The van der Waals surface area contributed by atoms with Gasteiger partial charge in [0.1, 0.15) is 29.1 Å². The van der Waals surface area contributed by atoms with Gasteiger partial charge in [-0.15, -0.1) is 0 Å². The molecule has 2 fully saturated rings. The third-order valence-electron chi connectivity index (χ3n) is 8.10. The van der Waals surface area contributed by atoms with E-state index in [-0.39, 0.29) is 54.1 Å². The van der Waals surface area contributed by atoms with Gasteiger partial charge in [0.2, 0.25) is 0 Å². The van der Waals surface area contributed by atoms with Gasteiger partial charge in [-0.25, -0.2) is 0 Å². The molecule has 2 aliphatic rings. The second-order valence-electron chi connectivity index (χ2n) is 13.6. The maximum absolute atomic E-state index is 14.0. The largest absolute Gasteiger partial charge is 0.647 e. The lowest BCUT2D eigenvalue weighted by molar-refractivity contribution is -0.139. The Balaban J connectivity index is 1.33. The Morgan fingerprint density at radius 3 is 1.15 bits per heavy atom. The minimum atomic E-state index is -4.47. The Labute approximate surface area is 272 Å². The van der Waals surface area contributed by atoms with E-state index in [2.05, 4.69) is 0 Å². The smallest absolute Gasteiger partial charge is 0.386 e. The van der Waals surface area contributed by atoms with Crippen molar-refractivity contribution < 1.29 is 46.9 Å². The molecule has 5 rings (SSSR count). The molecule has 2 saturated carbocycles. The number of phosphoric ester groups is 1. The lowest BCUT2D eigenvalue weighted by Crippen LogP contribution is -2.41. The molecule has 0 heterocycles. The molecule has 3 aromatic carbocycles. The SMILES string of the molecule is CC1(C)CC(=O)C(C(=O)c2ccc(OP(=O)(Oc3ccccc3)Oc3ccc(C(=O)C4C(=O)CC(C)(C)CC4=O)cc3)cc2)C(=O)C1. The Morgan fingerprint density at radius 2 is 0.830 bits per heavy atom. The lowest BCUT2D eigenvalue weighted by Gasteiger charge is -2.31. The second kappa shape index (κ2) is 12.8. The van der Waals surface area contributed by atoms with Crippen LogP contribution in [0.1, 0.15) is 74.1 Å². The Kier molecular flexibility index (Phi) is 9.20. The van der Waals surface area contributed by atoms with Crippen molar-refractivity contribution in [2.24, 2.45) is 22.7 Å². The minimum absolute atomic E-state index is 0.00675. The summed E-state index contributed by atoms with van der Waals surface area (Å²) in [6.45, 7) is 7.24. The molecule has 0 saturated heterocycles. The van der Waals surface area contributed by atoms with Crippen LogP contribution in [0.2, 0.25) is 0 Å². The van der Waals surface area contributed by atoms with Crippen molar-refractivity contribution in [3.63, 3.8) is 0 Å². The molecule has 0 spiro atoms. The van der Waals surface area contributed by atoms with Crippen LogP contribution in [0.25, 0.3) is 0 Å². The van der Waals surface area contributed by atoms with Crippen LogP contribution in [0.3, 0.4) is 0 Å². The second-order valence-corrected chi connectivity index (χ2v) is 15.0. The van der Waals surface area contributed by atoms with E-state index in [1.807, 2.05) is 27.7 Å². The number of carbonyl (C=O) groups excluding carboxylic acids is 6. The predicted molar refractivity (Wildman–Crippen MR) is 171 cm³/mol. The number of ketones is 6. The molecule has 0 bridgehead atoms. The predicted octanol–water partition coefficient (Wildman–Crippen LogP) is 6.85. The molecule has 0 unspecified atom stereocenters. The van der Waals surface area contributed by atoms with E-state index in [1.54, 1.807) is 30.3 Å². The van der Waals surface area contributed by atoms with Gasteiger partial charge in [0, 0.05) is 36.8 Å². The first kappa shape index (κ1) is 33.7. The number of Topliss-reactive ketones (excluding diaryl/α,β-unsaturated/α-hetero) is 6. The number of rotatable bonds is 10. The molecular formula is C36H35O10P. The molecule has 47 heavy (non-hydrogen) atoms. The fourth-order valence-corrected chi connectivity index (χ4v) is 7.23. The van der Waals surface area contributed by atoms with Crippen molar-refractivity contribution >= 4 is 42.5 Å². The highest BCUT2D eigenvalue weighted by Gasteiger charge is 2.45. The Morgan fingerprint density at radius 1 is 0.532 bits per heavy atom. The summed E-state index contributed by atoms with van der Waals surface area (Å²) in [6.07, 6.45) is 0.492. The van der Waals surface area contributed by atoms with Gasteiger partial charge in [0.25, 0.3) is 0 Å². The molecule has 0 N–H and O–H groups in total. The van der Waals surface area contributed by atoms with Crippen LogP contribution in [0.15, 0.2) is 78.9 Å². The zero-order chi connectivity index (χ0) is 34.1. The van der Waals surface area contributed by atoms with Gasteiger partial charge >= 0.3 is 7.82 Å². The van der Waals surface area contributed by atoms with Crippen LogP contribution in [-0.2, 0) is 23.7 Å². The first-order valence-electron chi connectivity index (χ1n) is 15.2.